The Morgan fingerprint density at radius 2 is 1.83 bits per heavy atom. The number of aromatic nitrogens is 2. The molecule has 1 aliphatic heterocycles. The quantitative estimate of drug-likeness (QED) is 0.0930. The highest BCUT2D eigenvalue weighted by Gasteiger charge is 2.45. The number of carboxylic acid groups (broad SMARTS) is 1. The lowest BCUT2D eigenvalue weighted by Crippen LogP contribution is -2.60. The predicted octanol–water partition coefficient (Wildman–Crippen LogP) is 1.31. The van der Waals surface area contributed by atoms with Gasteiger partial charge in [-0.3, -0.25) is 14.7 Å². The molecule has 3 rings (SSSR count). The molecule has 47 heavy (non-hydrogen) atoms. The van der Waals surface area contributed by atoms with Crippen molar-refractivity contribution in [3.8, 4) is 11.6 Å². The number of carbonyl (C=O) groups is 3. The molecule has 15 nitrogen and oxygen atoms in total. The third-order valence-electron chi connectivity index (χ3n) is 7.85. The van der Waals surface area contributed by atoms with Crippen molar-refractivity contribution in [2.45, 2.75) is 103 Å². The summed E-state index contributed by atoms with van der Waals surface area (Å²) in [7, 11) is 0. The summed E-state index contributed by atoms with van der Waals surface area (Å²) in [6, 6.07) is 5.90. The van der Waals surface area contributed by atoms with Gasteiger partial charge < -0.3 is 50.2 Å². The fraction of sp³-hybridized carbons (Fsp3) is 0.625. The van der Waals surface area contributed by atoms with Crippen LogP contribution < -0.4 is 15.2 Å². The number of nitrogens with zero attached hydrogens (tertiary/aromatic N) is 1. The zero-order chi connectivity index (χ0) is 35.3. The molecular formula is C32H49N3O12. The molecule has 1 amide bonds. The summed E-state index contributed by atoms with van der Waals surface area (Å²) in [6.07, 6.45) is -2.97. The second kappa shape index (κ2) is 18.5. The van der Waals surface area contributed by atoms with Crippen LogP contribution in [-0.2, 0) is 30.3 Å². The highest BCUT2D eigenvalue weighted by Crippen LogP contribution is 2.32. The minimum absolute atomic E-state index is 0.0914. The number of aliphatic carboxylic acids is 1. The van der Waals surface area contributed by atoms with E-state index in [1.807, 2.05) is 52.8 Å². The van der Waals surface area contributed by atoms with Crippen LogP contribution in [0.25, 0.3) is 0 Å². The van der Waals surface area contributed by atoms with Crippen LogP contribution in [0.1, 0.15) is 81.7 Å². The summed E-state index contributed by atoms with van der Waals surface area (Å²) in [4.78, 5) is 30.1. The molecule has 1 saturated heterocycles. The molecule has 0 spiro atoms. The highest BCUT2D eigenvalue weighted by atomic mass is 16.7. The summed E-state index contributed by atoms with van der Waals surface area (Å²) in [6.45, 7) is 9.35. The molecule has 2 aromatic rings. The van der Waals surface area contributed by atoms with Crippen molar-refractivity contribution < 1.29 is 58.9 Å². The third-order valence-corrected chi connectivity index (χ3v) is 7.85. The van der Waals surface area contributed by atoms with Crippen LogP contribution in [0, 0.1) is 12.3 Å². The van der Waals surface area contributed by atoms with Gasteiger partial charge in [0.15, 0.2) is 6.61 Å². The van der Waals surface area contributed by atoms with Crippen LogP contribution in [0.4, 0.5) is 0 Å². The molecule has 15 heteroatoms. The summed E-state index contributed by atoms with van der Waals surface area (Å²) in [5.74, 6) is -0.332. The van der Waals surface area contributed by atoms with E-state index < -0.39 is 55.3 Å². The van der Waals surface area contributed by atoms with Gasteiger partial charge >= 0.3 is 5.97 Å². The Kier molecular flexibility index (Phi) is 15.6. The standard InChI is InChI=1S/C29H45N3O8.C3H4O4/c1-16(2)22-20(26(32-31-22)40-27-25(36)24(35)23(34)21(15-33)39-27)14-18-9-10-19(13-17(18)3)38-12-8-6-7-11-29(4,5)28(30)37;4-2-7-1-3(5)6/h9-10,13,16,21,23-25,27,33-36H,6-8,11-12,14-15H2,1-5H3,(H2,30,37)(H,31,32);2H,1H2,(H,5,6)/t21?,23-,24-,25?,27+;/m1./s1. The van der Waals surface area contributed by atoms with E-state index in [0.29, 0.717) is 13.0 Å². The molecule has 5 atom stereocenters. The van der Waals surface area contributed by atoms with Gasteiger partial charge in [0, 0.05) is 23.1 Å². The van der Waals surface area contributed by atoms with E-state index in [4.69, 9.17) is 25.1 Å². The minimum atomic E-state index is -1.54. The molecule has 1 aliphatic rings. The number of aryl methyl sites for hydroxylation is 1. The van der Waals surface area contributed by atoms with Crippen LogP contribution in [0.2, 0.25) is 0 Å². The Hall–Kier alpha value is -3.76. The van der Waals surface area contributed by atoms with Gasteiger partial charge in [0.25, 0.3) is 6.47 Å². The van der Waals surface area contributed by atoms with Crippen molar-refractivity contribution in [2.24, 2.45) is 11.1 Å². The number of unbranched alkanes of at least 4 members (excludes halogenated alkanes) is 2. The number of hydrogen-bond donors (Lipinski definition) is 7. The highest BCUT2D eigenvalue weighted by molar-refractivity contribution is 5.79. The molecule has 2 unspecified atom stereocenters. The normalized spacial score (nSPS) is 21.0. The van der Waals surface area contributed by atoms with Crippen LogP contribution in [0.5, 0.6) is 11.6 Å². The van der Waals surface area contributed by atoms with E-state index in [1.54, 1.807) is 0 Å². The molecule has 1 aromatic carbocycles. The number of benzene rings is 1. The lowest BCUT2D eigenvalue weighted by Gasteiger charge is -2.39. The van der Waals surface area contributed by atoms with Gasteiger partial charge in [-0.05, 0) is 48.9 Å². The number of nitrogens with one attached hydrogen (secondary N) is 1. The number of H-pyrrole nitrogens is 1. The van der Waals surface area contributed by atoms with Gasteiger partial charge in [0.1, 0.15) is 30.2 Å². The number of primary amides is 1. The van der Waals surface area contributed by atoms with Crippen LogP contribution >= 0.6 is 0 Å². The third kappa shape index (κ3) is 11.8. The van der Waals surface area contributed by atoms with Crippen molar-refractivity contribution in [3.05, 3.63) is 40.6 Å². The summed E-state index contributed by atoms with van der Waals surface area (Å²) >= 11 is 0. The Labute approximate surface area is 274 Å². The van der Waals surface area contributed by atoms with Gasteiger partial charge in [-0.1, -0.05) is 46.6 Å². The summed E-state index contributed by atoms with van der Waals surface area (Å²) < 4.78 is 21.2. The molecule has 0 saturated carbocycles. The molecule has 1 fully saturated rings. The number of hydrogen-bond acceptors (Lipinski definition) is 12. The zero-order valence-corrected chi connectivity index (χ0v) is 27.5. The van der Waals surface area contributed by atoms with E-state index >= 15 is 0 Å². The number of rotatable bonds is 17. The van der Waals surface area contributed by atoms with Crippen molar-refractivity contribution in [1.29, 1.82) is 0 Å². The molecule has 0 radical (unpaired) electrons. The number of carboxylic acids is 1. The average Bonchev–Trinajstić information content (AvgIpc) is 3.41. The molecule has 0 aliphatic carbocycles. The Morgan fingerprint density at radius 1 is 1.13 bits per heavy atom. The lowest BCUT2D eigenvalue weighted by molar-refractivity contribution is -0.278. The number of aliphatic hydroxyl groups excluding tert-OH is 4. The van der Waals surface area contributed by atoms with Gasteiger partial charge in [-0.15, -0.1) is 5.10 Å². The summed E-state index contributed by atoms with van der Waals surface area (Å²) in [5.41, 5.74) is 8.64. The second-order valence-electron chi connectivity index (χ2n) is 12.4. The predicted molar refractivity (Wildman–Crippen MR) is 168 cm³/mol. The molecule has 2 heterocycles. The van der Waals surface area contributed by atoms with Crippen molar-refractivity contribution in [3.63, 3.8) is 0 Å². The fourth-order valence-corrected chi connectivity index (χ4v) is 4.79. The van der Waals surface area contributed by atoms with Crippen LogP contribution in [0.15, 0.2) is 18.2 Å². The van der Waals surface area contributed by atoms with E-state index in [0.717, 1.165) is 53.8 Å². The number of amides is 1. The fourth-order valence-electron chi connectivity index (χ4n) is 4.79. The molecule has 1 aromatic heterocycles. The first-order valence-corrected chi connectivity index (χ1v) is 15.5. The number of aromatic amines is 1. The Morgan fingerprint density at radius 3 is 2.38 bits per heavy atom. The minimum Gasteiger partial charge on any atom is -0.494 e. The molecule has 8 N–H and O–H groups in total. The topological polar surface area (TPSA) is 244 Å². The maximum Gasteiger partial charge on any atom is 0.341 e. The van der Waals surface area contributed by atoms with E-state index in [2.05, 4.69) is 14.9 Å². The summed E-state index contributed by atoms with van der Waals surface area (Å²) in [5, 5.41) is 55.2. The molecule has 264 valence electrons. The first-order chi connectivity index (χ1) is 22.1. The Balaban J connectivity index is 0.000000984. The van der Waals surface area contributed by atoms with E-state index in [1.165, 1.54) is 0 Å². The van der Waals surface area contributed by atoms with Crippen molar-refractivity contribution >= 4 is 18.3 Å². The van der Waals surface area contributed by atoms with E-state index in [-0.39, 0.29) is 24.2 Å². The second-order valence-corrected chi connectivity index (χ2v) is 12.4. The number of carbonyl (C=O) groups excluding carboxylic acids is 2. The lowest BCUT2D eigenvalue weighted by atomic mass is 9.86. The molecule has 0 bridgehead atoms. The van der Waals surface area contributed by atoms with Crippen LogP contribution in [0.3, 0.4) is 0 Å². The SMILES string of the molecule is Cc1cc(OCCCCCC(C)(C)C(N)=O)ccc1Cc1c(O[C@@H]2OC(CO)[C@@H](O)[C@@H](O)C2O)n[nH]c1C(C)C.O=COCC(=O)O. The Bertz CT molecular complexity index is 1300. The number of nitrogens with two attached hydrogens (primary N) is 1. The average molecular weight is 668 g/mol. The number of ether oxygens (including phenoxy) is 4. The first kappa shape index (κ1) is 39.4. The van der Waals surface area contributed by atoms with E-state index in [9.17, 15) is 34.8 Å². The molecular weight excluding hydrogens is 618 g/mol. The number of aliphatic hydroxyl groups is 4. The van der Waals surface area contributed by atoms with Gasteiger partial charge in [0.2, 0.25) is 18.1 Å². The zero-order valence-electron chi connectivity index (χ0n) is 27.5. The van der Waals surface area contributed by atoms with Crippen LogP contribution in [-0.4, -0.2) is 105 Å². The maximum atomic E-state index is 11.4. The van der Waals surface area contributed by atoms with Gasteiger partial charge in [-0.2, -0.15) is 0 Å². The maximum absolute atomic E-state index is 11.4. The van der Waals surface area contributed by atoms with Crippen molar-refractivity contribution in [1.82, 2.24) is 10.2 Å². The van der Waals surface area contributed by atoms with Crippen molar-refractivity contribution in [2.75, 3.05) is 19.8 Å². The smallest absolute Gasteiger partial charge is 0.341 e. The van der Waals surface area contributed by atoms with Gasteiger partial charge in [0.05, 0.1) is 13.2 Å². The largest absolute Gasteiger partial charge is 0.494 e. The van der Waals surface area contributed by atoms with Gasteiger partial charge in [-0.25, -0.2) is 4.79 Å². The monoisotopic (exact) mass is 667 g/mol. The first-order valence-electron chi connectivity index (χ1n) is 15.5.